The Morgan fingerprint density at radius 2 is 1.86 bits per heavy atom. The lowest BCUT2D eigenvalue weighted by atomic mass is 10.1. The Kier molecular flexibility index (Phi) is 1.76. The van der Waals surface area contributed by atoms with Crippen molar-refractivity contribution in [3.05, 3.63) is 35.9 Å². The lowest BCUT2D eigenvalue weighted by Crippen LogP contribution is -1.95. The summed E-state index contributed by atoms with van der Waals surface area (Å²) < 4.78 is 0. The minimum absolute atomic E-state index is 0.571. The molecule has 0 heterocycles. The van der Waals surface area contributed by atoms with E-state index in [9.17, 15) is 0 Å². The molecule has 0 amide bonds. The van der Waals surface area contributed by atoms with Gasteiger partial charge in [0.25, 0.3) is 0 Å². The summed E-state index contributed by atoms with van der Waals surface area (Å²) in [5.41, 5.74) is 13.2. The van der Waals surface area contributed by atoms with Crippen molar-refractivity contribution in [2.45, 2.75) is 0 Å². The Morgan fingerprint density at radius 3 is 2.57 bits per heavy atom. The van der Waals surface area contributed by atoms with E-state index >= 15 is 0 Å². The topological polar surface area (TPSA) is 75.8 Å². The quantitative estimate of drug-likeness (QED) is 0.612. The first-order chi connectivity index (χ1) is 6.72. The molecule has 0 aliphatic rings. The van der Waals surface area contributed by atoms with Crippen LogP contribution in [0.2, 0.25) is 0 Å². The number of hydrogen-bond acceptors (Lipinski definition) is 3. The van der Waals surface area contributed by atoms with E-state index in [1.165, 1.54) is 0 Å². The maximum absolute atomic E-state index is 8.72. The number of anilines is 2. The van der Waals surface area contributed by atoms with Gasteiger partial charge in [-0.05, 0) is 23.6 Å². The van der Waals surface area contributed by atoms with Gasteiger partial charge in [-0.1, -0.05) is 12.1 Å². The number of hydrogen-bond donors (Lipinski definition) is 2. The molecule has 14 heavy (non-hydrogen) atoms. The van der Waals surface area contributed by atoms with Crippen LogP contribution in [0.4, 0.5) is 11.4 Å². The molecule has 3 nitrogen and oxygen atoms in total. The third-order valence-corrected chi connectivity index (χ3v) is 2.22. The lowest BCUT2D eigenvalue weighted by molar-refractivity contribution is 1.50. The lowest BCUT2D eigenvalue weighted by Gasteiger charge is -2.04. The summed E-state index contributed by atoms with van der Waals surface area (Å²) in [6, 6.07) is 11.0. The van der Waals surface area contributed by atoms with Crippen LogP contribution in [-0.4, -0.2) is 0 Å². The van der Waals surface area contributed by atoms with Gasteiger partial charge in [-0.25, -0.2) is 0 Å². The highest BCUT2D eigenvalue weighted by Gasteiger charge is 2.01. The molecule has 2 aromatic rings. The number of nitrogens with zero attached hydrogens (tertiary/aromatic N) is 1. The van der Waals surface area contributed by atoms with Gasteiger partial charge < -0.3 is 11.5 Å². The molecule has 0 saturated carbocycles. The van der Waals surface area contributed by atoms with Crippen LogP contribution in [0.25, 0.3) is 10.8 Å². The second-order valence-electron chi connectivity index (χ2n) is 3.12. The molecule has 2 aromatic carbocycles. The fourth-order valence-electron chi connectivity index (χ4n) is 1.44. The first kappa shape index (κ1) is 8.39. The van der Waals surface area contributed by atoms with Gasteiger partial charge in [-0.3, -0.25) is 0 Å². The predicted octanol–water partition coefficient (Wildman–Crippen LogP) is 1.88. The molecule has 0 bridgehead atoms. The minimum atomic E-state index is 0.571. The Labute approximate surface area is 81.6 Å². The van der Waals surface area contributed by atoms with Gasteiger partial charge in [-0.2, -0.15) is 5.26 Å². The third kappa shape index (κ3) is 1.14. The van der Waals surface area contributed by atoms with Crippen molar-refractivity contribution < 1.29 is 0 Å². The molecule has 3 heteroatoms. The molecule has 0 aliphatic heterocycles. The summed E-state index contributed by atoms with van der Waals surface area (Å²) in [6.45, 7) is 0. The molecule has 0 aliphatic carbocycles. The van der Waals surface area contributed by atoms with Crippen molar-refractivity contribution in [2.24, 2.45) is 0 Å². The summed E-state index contributed by atoms with van der Waals surface area (Å²) in [4.78, 5) is 0. The highest BCUT2D eigenvalue weighted by molar-refractivity contribution is 5.98. The molecule has 4 N–H and O–H groups in total. The van der Waals surface area contributed by atoms with Crippen molar-refractivity contribution in [1.29, 1.82) is 5.26 Å². The van der Waals surface area contributed by atoms with Gasteiger partial charge in [0.15, 0.2) is 0 Å². The van der Waals surface area contributed by atoms with E-state index in [1.54, 1.807) is 18.2 Å². The largest absolute Gasteiger partial charge is 0.397 e. The minimum Gasteiger partial charge on any atom is -0.397 e. The van der Waals surface area contributed by atoms with E-state index in [0.717, 1.165) is 10.8 Å². The van der Waals surface area contributed by atoms with Gasteiger partial charge in [0.2, 0.25) is 0 Å². The maximum Gasteiger partial charge on any atom is 0.0991 e. The van der Waals surface area contributed by atoms with E-state index in [1.807, 2.05) is 12.1 Å². The van der Waals surface area contributed by atoms with Crippen LogP contribution in [0.1, 0.15) is 5.56 Å². The van der Waals surface area contributed by atoms with Crippen molar-refractivity contribution in [3.63, 3.8) is 0 Å². The molecular weight excluding hydrogens is 174 g/mol. The van der Waals surface area contributed by atoms with Gasteiger partial charge in [0.05, 0.1) is 23.0 Å². The second kappa shape index (κ2) is 2.93. The molecule has 0 aromatic heterocycles. The van der Waals surface area contributed by atoms with Crippen LogP contribution in [-0.2, 0) is 0 Å². The summed E-state index contributed by atoms with van der Waals surface area (Å²) >= 11 is 0. The number of nitrogen functional groups attached to an aromatic ring is 2. The zero-order valence-electron chi connectivity index (χ0n) is 7.49. The molecule has 0 fully saturated rings. The van der Waals surface area contributed by atoms with Gasteiger partial charge in [-0.15, -0.1) is 0 Å². The van der Waals surface area contributed by atoms with Crippen LogP contribution < -0.4 is 11.5 Å². The van der Waals surface area contributed by atoms with Crippen molar-refractivity contribution in [3.8, 4) is 6.07 Å². The predicted molar refractivity (Wildman–Crippen MR) is 57.5 cm³/mol. The van der Waals surface area contributed by atoms with Crippen LogP contribution in [0.3, 0.4) is 0 Å². The van der Waals surface area contributed by atoms with E-state index < -0.39 is 0 Å². The zero-order valence-corrected chi connectivity index (χ0v) is 7.49. The molecule has 68 valence electrons. The average Bonchev–Trinajstić information content (AvgIpc) is 2.23. The monoisotopic (exact) mass is 183 g/mol. The Hall–Kier alpha value is -2.21. The van der Waals surface area contributed by atoms with E-state index in [0.29, 0.717) is 16.9 Å². The average molecular weight is 183 g/mol. The zero-order chi connectivity index (χ0) is 10.1. The number of nitriles is 1. The summed E-state index contributed by atoms with van der Waals surface area (Å²) in [6.07, 6.45) is 0. The van der Waals surface area contributed by atoms with Crippen molar-refractivity contribution in [2.75, 3.05) is 11.5 Å². The number of benzene rings is 2. The summed E-state index contributed by atoms with van der Waals surface area (Å²) in [5.74, 6) is 0. The molecule has 2 rings (SSSR count). The Balaban J connectivity index is 2.83. The summed E-state index contributed by atoms with van der Waals surface area (Å²) in [5, 5.41) is 10.5. The third-order valence-electron chi connectivity index (χ3n) is 2.22. The highest BCUT2D eigenvalue weighted by Crippen LogP contribution is 2.26. The fraction of sp³-hybridized carbons (Fsp3) is 0. The van der Waals surface area contributed by atoms with Crippen molar-refractivity contribution in [1.82, 2.24) is 0 Å². The molecule has 0 unspecified atom stereocenters. The fourth-order valence-corrected chi connectivity index (χ4v) is 1.44. The van der Waals surface area contributed by atoms with Crippen molar-refractivity contribution >= 4 is 22.1 Å². The standard InChI is InChI=1S/C11H9N3/c12-6-7-1-3-9-8(5-7)2-4-10(13)11(9)14/h1-5H,13-14H2. The number of nitrogens with two attached hydrogens (primary N) is 2. The molecule has 0 radical (unpaired) electrons. The smallest absolute Gasteiger partial charge is 0.0991 e. The van der Waals surface area contributed by atoms with Gasteiger partial charge in [0.1, 0.15) is 0 Å². The second-order valence-corrected chi connectivity index (χ2v) is 3.12. The number of rotatable bonds is 0. The molecule has 0 saturated heterocycles. The highest BCUT2D eigenvalue weighted by atomic mass is 14.7. The Morgan fingerprint density at radius 1 is 1.07 bits per heavy atom. The SMILES string of the molecule is N#Cc1ccc2c(N)c(N)ccc2c1. The molecule has 0 atom stereocenters. The molecule has 0 spiro atoms. The van der Waals surface area contributed by atoms with Crippen LogP contribution in [0.5, 0.6) is 0 Å². The Bertz CT molecular complexity index is 538. The van der Waals surface area contributed by atoms with E-state index in [4.69, 9.17) is 16.7 Å². The number of fused-ring (bicyclic) bond motifs is 1. The van der Waals surface area contributed by atoms with Gasteiger partial charge in [0, 0.05) is 5.39 Å². The van der Waals surface area contributed by atoms with Gasteiger partial charge >= 0.3 is 0 Å². The van der Waals surface area contributed by atoms with Crippen LogP contribution >= 0.6 is 0 Å². The van der Waals surface area contributed by atoms with Crippen LogP contribution in [0.15, 0.2) is 30.3 Å². The first-order valence-corrected chi connectivity index (χ1v) is 4.20. The van der Waals surface area contributed by atoms with E-state index in [-0.39, 0.29) is 0 Å². The van der Waals surface area contributed by atoms with Crippen LogP contribution in [0, 0.1) is 11.3 Å². The molecular formula is C11H9N3. The van der Waals surface area contributed by atoms with E-state index in [2.05, 4.69) is 6.07 Å². The first-order valence-electron chi connectivity index (χ1n) is 4.20. The normalized spacial score (nSPS) is 9.93. The summed E-state index contributed by atoms with van der Waals surface area (Å²) in [7, 11) is 0. The maximum atomic E-state index is 8.72.